The normalized spacial score (nSPS) is 23.2. The summed E-state index contributed by atoms with van der Waals surface area (Å²) in [5, 5.41) is 1.13. The van der Waals surface area contributed by atoms with E-state index in [9.17, 15) is 4.79 Å². The summed E-state index contributed by atoms with van der Waals surface area (Å²) in [6, 6.07) is 8.23. The standard InChI is InChI=1S/C16H20N2O2/c1-11-12(2)20-8-7-18(11)16(19)9-13-10-17-15-6-4-3-5-14(13)15/h3-6,10-12,17H,7-9H2,1-2H3. The van der Waals surface area contributed by atoms with Gasteiger partial charge in [0.2, 0.25) is 5.91 Å². The number of hydrogen-bond donors (Lipinski definition) is 1. The van der Waals surface area contributed by atoms with Gasteiger partial charge in [-0.05, 0) is 25.5 Å². The molecule has 1 fully saturated rings. The lowest BCUT2D eigenvalue weighted by Crippen LogP contribution is -2.51. The molecular formula is C16H20N2O2. The minimum absolute atomic E-state index is 0.107. The van der Waals surface area contributed by atoms with E-state index < -0.39 is 0 Å². The number of morpholine rings is 1. The van der Waals surface area contributed by atoms with Crippen LogP contribution in [0.15, 0.2) is 30.5 Å². The number of para-hydroxylation sites is 1. The maximum absolute atomic E-state index is 12.5. The first-order valence-electron chi connectivity index (χ1n) is 7.13. The summed E-state index contributed by atoms with van der Waals surface area (Å²) in [6.07, 6.45) is 2.49. The summed E-state index contributed by atoms with van der Waals surface area (Å²) in [7, 11) is 0. The molecule has 0 bridgehead atoms. The highest BCUT2D eigenvalue weighted by Crippen LogP contribution is 2.20. The lowest BCUT2D eigenvalue weighted by atomic mass is 10.1. The average molecular weight is 272 g/mol. The molecule has 0 aliphatic carbocycles. The fourth-order valence-electron chi connectivity index (χ4n) is 2.83. The lowest BCUT2D eigenvalue weighted by molar-refractivity contribution is -0.143. The molecule has 1 amide bonds. The summed E-state index contributed by atoms with van der Waals surface area (Å²) >= 11 is 0. The average Bonchev–Trinajstić information content (AvgIpc) is 2.85. The van der Waals surface area contributed by atoms with Crippen molar-refractivity contribution in [3.63, 3.8) is 0 Å². The minimum Gasteiger partial charge on any atom is -0.375 e. The lowest BCUT2D eigenvalue weighted by Gasteiger charge is -2.37. The van der Waals surface area contributed by atoms with E-state index in [4.69, 9.17) is 4.74 Å². The summed E-state index contributed by atoms with van der Waals surface area (Å²) in [5.74, 6) is 0.178. The molecule has 2 atom stereocenters. The Morgan fingerprint density at radius 3 is 3.05 bits per heavy atom. The number of nitrogens with zero attached hydrogens (tertiary/aromatic N) is 1. The summed E-state index contributed by atoms with van der Waals surface area (Å²) < 4.78 is 5.58. The van der Waals surface area contributed by atoms with Crippen molar-refractivity contribution in [3.05, 3.63) is 36.0 Å². The number of hydrogen-bond acceptors (Lipinski definition) is 2. The van der Waals surface area contributed by atoms with Crippen LogP contribution >= 0.6 is 0 Å². The molecule has 1 aliphatic heterocycles. The molecule has 3 rings (SSSR count). The van der Waals surface area contributed by atoms with Gasteiger partial charge in [0, 0.05) is 23.6 Å². The zero-order valence-corrected chi connectivity index (χ0v) is 11.9. The number of ether oxygens (including phenoxy) is 1. The molecule has 2 unspecified atom stereocenters. The Hall–Kier alpha value is -1.81. The van der Waals surface area contributed by atoms with Crippen molar-refractivity contribution in [1.29, 1.82) is 0 Å². The molecule has 1 aromatic carbocycles. The van der Waals surface area contributed by atoms with Crippen LogP contribution in [0.1, 0.15) is 19.4 Å². The highest BCUT2D eigenvalue weighted by molar-refractivity contribution is 5.89. The fourth-order valence-corrected chi connectivity index (χ4v) is 2.83. The van der Waals surface area contributed by atoms with Gasteiger partial charge in [0.25, 0.3) is 0 Å². The van der Waals surface area contributed by atoms with Gasteiger partial charge in [0.1, 0.15) is 0 Å². The van der Waals surface area contributed by atoms with Crippen LogP contribution in [0.5, 0.6) is 0 Å². The Labute approximate surface area is 118 Å². The van der Waals surface area contributed by atoms with Crippen LogP contribution in [0.4, 0.5) is 0 Å². The number of fused-ring (bicyclic) bond motifs is 1. The highest BCUT2D eigenvalue weighted by Gasteiger charge is 2.29. The van der Waals surface area contributed by atoms with Gasteiger partial charge in [-0.1, -0.05) is 18.2 Å². The molecule has 4 heteroatoms. The Morgan fingerprint density at radius 1 is 1.40 bits per heavy atom. The van der Waals surface area contributed by atoms with Crippen LogP contribution in [-0.4, -0.2) is 41.1 Å². The van der Waals surface area contributed by atoms with Crippen LogP contribution in [0.25, 0.3) is 10.9 Å². The van der Waals surface area contributed by atoms with Crippen LogP contribution < -0.4 is 0 Å². The van der Waals surface area contributed by atoms with E-state index in [2.05, 4.69) is 18.0 Å². The maximum Gasteiger partial charge on any atom is 0.227 e. The number of rotatable bonds is 2. The van der Waals surface area contributed by atoms with E-state index in [1.54, 1.807) is 0 Å². The zero-order valence-electron chi connectivity index (χ0n) is 11.9. The topological polar surface area (TPSA) is 45.3 Å². The van der Waals surface area contributed by atoms with E-state index in [0.29, 0.717) is 19.6 Å². The van der Waals surface area contributed by atoms with Crippen molar-refractivity contribution >= 4 is 16.8 Å². The van der Waals surface area contributed by atoms with E-state index in [1.165, 1.54) is 0 Å². The number of carbonyl (C=O) groups excluding carboxylic acids is 1. The molecule has 0 radical (unpaired) electrons. The monoisotopic (exact) mass is 272 g/mol. The summed E-state index contributed by atoms with van der Waals surface area (Å²) in [6.45, 7) is 5.39. The predicted octanol–water partition coefficient (Wildman–Crippen LogP) is 2.35. The number of amides is 1. The third kappa shape index (κ3) is 2.31. The van der Waals surface area contributed by atoms with Crippen molar-refractivity contribution < 1.29 is 9.53 Å². The van der Waals surface area contributed by atoms with E-state index in [0.717, 1.165) is 16.5 Å². The summed E-state index contributed by atoms with van der Waals surface area (Å²) in [4.78, 5) is 17.7. The largest absolute Gasteiger partial charge is 0.375 e. The first-order chi connectivity index (χ1) is 9.66. The molecule has 1 aromatic heterocycles. The van der Waals surface area contributed by atoms with Crippen molar-refractivity contribution in [3.8, 4) is 0 Å². The smallest absolute Gasteiger partial charge is 0.227 e. The van der Waals surface area contributed by atoms with Crippen molar-refractivity contribution in [2.24, 2.45) is 0 Å². The SMILES string of the molecule is CC1OCCN(C(=O)Cc2c[nH]c3ccccc23)C1C. The number of nitrogens with one attached hydrogen (secondary N) is 1. The minimum atomic E-state index is 0.107. The second-order valence-electron chi connectivity index (χ2n) is 5.44. The molecule has 0 spiro atoms. The number of H-pyrrole nitrogens is 1. The molecular weight excluding hydrogens is 252 g/mol. The number of carbonyl (C=O) groups is 1. The van der Waals surface area contributed by atoms with Crippen LogP contribution in [0.2, 0.25) is 0 Å². The van der Waals surface area contributed by atoms with Crippen molar-refractivity contribution in [2.45, 2.75) is 32.4 Å². The molecule has 1 aliphatic rings. The fraction of sp³-hybridized carbons (Fsp3) is 0.438. The zero-order chi connectivity index (χ0) is 14.1. The third-order valence-electron chi connectivity index (χ3n) is 4.22. The van der Waals surface area contributed by atoms with Gasteiger partial charge < -0.3 is 14.6 Å². The van der Waals surface area contributed by atoms with Crippen LogP contribution in [0.3, 0.4) is 0 Å². The molecule has 2 aromatic rings. The first kappa shape index (κ1) is 13.2. The Morgan fingerprint density at radius 2 is 2.20 bits per heavy atom. The van der Waals surface area contributed by atoms with Gasteiger partial charge in [0.05, 0.1) is 25.2 Å². The van der Waals surface area contributed by atoms with Gasteiger partial charge in [-0.25, -0.2) is 0 Å². The highest BCUT2D eigenvalue weighted by atomic mass is 16.5. The first-order valence-corrected chi connectivity index (χ1v) is 7.13. The maximum atomic E-state index is 12.5. The van der Waals surface area contributed by atoms with Gasteiger partial charge in [0.15, 0.2) is 0 Å². The number of aromatic nitrogens is 1. The quantitative estimate of drug-likeness (QED) is 0.912. The van der Waals surface area contributed by atoms with Gasteiger partial charge in [-0.2, -0.15) is 0 Å². The van der Waals surface area contributed by atoms with Gasteiger partial charge in [-0.15, -0.1) is 0 Å². The second-order valence-corrected chi connectivity index (χ2v) is 5.44. The Bertz CT molecular complexity index is 620. The van der Waals surface area contributed by atoms with E-state index in [-0.39, 0.29) is 18.1 Å². The number of benzene rings is 1. The molecule has 0 saturated carbocycles. The van der Waals surface area contributed by atoms with Crippen LogP contribution in [-0.2, 0) is 16.0 Å². The van der Waals surface area contributed by atoms with Crippen molar-refractivity contribution in [2.75, 3.05) is 13.2 Å². The molecule has 1 N–H and O–H groups in total. The second kappa shape index (κ2) is 5.29. The molecule has 4 nitrogen and oxygen atoms in total. The van der Waals surface area contributed by atoms with Gasteiger partial charge >= 0.3 is 0 Å². The van der Waals surface area contributed by atoms with Gasteiger partial charge in [-0.3, -0.25) is 4.79 Å². The Balaban J connectivity index is 1.78. The van der Waals surface area contributed by atoms with Crippen LogP contribution in [0, 0.1) is 0 Å². The molecule has 106 valence electrons. The Kier molecular flexibility index (Phi) is 3.49. The summed E-state index contributed by atoms with van der Waals surface area (Å²) in [5.41, 5.74) is 2.15. The number of aromatic amines is 1. The molecule has 20 heavy (non-hydrogen) atoms. The molecule has 2 heterocycles. The molecule has 1 saturated heterocycles. The van der Waals surface area contributed by atoms with Crippen molar-refractivity contribution in [1.82, 2.24) is 9.88 Å². The van der Waals surface area contributed by atoms with E-state index in [1.807, 2.05) is 36.2 Å². The van der Waals surface area contributed by atoms with E-state index >= 15 is 0 Å². The predicted molar refractivity (Wildman–Crippen MR) is 78.6 cm³/mol. The third-order valence-corrected chi connectivity index (χ3v) is 4.22.